The number of fused-ring (bicyclic) bond motifs is 1. The van der Waals surface area contributed by atoms with E-state index in [0.717, 1.165) is 11.0 Å². The standard InChI is InChI=1S/C16H17BO2/c1-10-8-11(2)15(12(3)9-10)16-13-6-4-5-7-14(13)17(18)19-16/h4-9,16,18H,1-3H3/t16-/m0/s1. The Morgan fingerprint density at radius 3 is 2.37 bits per heavy atom. The number of hydrogen-bond acceptors (Lipinski definition) is 2. The first-order valence-electron chi connectivity index (χ1n) is 6.58. The van der Waals surface area contributed by atoms with Gasteiger partial charge in [-0.25, -0.2) is 0 Å². The van der Waals surface area contributed by atoms with E-state index in [-0.39, 0.29) is 6.10 Å². The van der Waals surface area contributed by atoms with E-state index in [1.165, 1.54) is 22.3 Å². The average Bonchev–Trinajstić information content (AvgIpc) is 2.67. The molecule has 0 fully saturated rings. The lowest BCUT2D eigenvalue weighted by Crippen LogP contribution is -2.27. The highest BCUT2D eigenvalue weighted by Gasteiger charge is 2.36. The number of benzene rings is 2. The fourth-order valence-electron chi connectivity index (χ4n) is 3.08. The van der Waals surface area contributed by atoms with Crippen LogP contribution < -0.4 is 5.46 Å². The van der Waals surface area contributed by atoms with Crippen molar-refractivity contribution in [2.24, 2.45) is 0 Å². The van der Waals surface area contributed by atoms with E-state index in [9.17, 15) is 5.02 Å². The summed E-state index contributed by atoms with van der Waals surface area (Å²) in [5, 5.41) is 10.0. The molecule has 96 valence electrons. The van der Waals surface area contributed by atoms with Gasteiger partial charge in [-0.1, -0.05) is 42.0 Å². The Kier molecular flexibility index (Phi) is 2.96. The van der Waals surface area contributed by atoms with Crippen molar-refractivity contribution >= 4 is 12.6 Å². The summed E-state index contributed by atoms with van der Waals surface area (Å²) < 4.78 is 5.77. The molecule has 2 aromatic rings. The second-order valence-electron chi connectivity index (χ2n) is 5.31. The molecular formula is C16H17BO2. The van der Waals surface area contributed by atoms with Crippen LogP contribution in [0, 0.1) is 20.8 Å². The van der Waals surface area contributed by atoms with Gasteiger partial charge in [0.15, 0.2) is 0 Å². The molecule has 0 bridgehead atoms. The van der Waals surface area contributed by atoms with Gasteiger partial charge in [0, 0.05) is 0 Å². The number of hydrogen-bond donors (Lipinski definition) is 1. The Labute approximate surface area is 114 Å². The molecule has 0 radical (unpaired) electrons. The van der Waals surface area contributed by atoms with E-state index in [1.54, 1.807) is 0 Å². The van der Waals surface area contributed by atoms with Gasteiger partial charge in [0.1, 0.15) is 0 Å². The normalized spacial score (nSPS) is 17.7. The lowest BCUT2D eigenvalue weighted by molar-refractivity contribution is 0.225. The molecule has 1 N–H and O–H groups in total. The van der Waals surface area contributed by atoms with Crippen LogP contribution in [0.15, 0.2) is 36.4 Å². The van der Waals surface area contributed by atoms with Crippen molar-refractivity contribution in [1.29, 1.82) is 0 Å². The third kappa shape index (κ3) is 1.99. The molecule has 0 unspecified atom stereocenters. The zero-order valence-electron chi connectivity index (χ0n) is 11.5. The van der Waals surface area contributed by atoms with Gasteiger partial charge in [-0.3, -0.25) is 0 Å². The van der Waals surface area contributed by atoms with Crippen molar-refractivity contribution in [1.82, 2.24) is 0 Å². The molecule has 0 saturated heterocycles. The molecule has 0 saturated carbocycles. The minimum absolute atomic E-state index is 0.160. The summed E-state index contributed by atoms with van der Waals surface area (Å²) in [6, 6.07) is 12.2. The summed E-state index contributed by atoms with van der Waals surface area (Å²) in [6.45, 7) is 6.31. The predicted molar refractivity (Wildman–Crippen MR) is 77.6 cm³/mol. The zero-order valence-corrected chi connectivity index (χ0v) is 11.5. The van der Waals surface area contributed by atoms with Crippen LogP contribution in [-0.4, -0.2) is 12.1 Å². The smallest absolute Gasteiger partial charge is 0.423 e. The van der Waals surface area contributed by atoms with E-state index in [4.69, 9.17) is 4.65 Å². The maximum Gasteiger partial charge on any atom is 0.492 e. The number of rotatable bonds is 1. The van der Waals surface area contributed by atoms with Crippen LogP contribution in [0.5, 0.6) is 0 Å². The van der Waals surface area contributed by atoms with Crippen molar-refractivity contribution in [3.8, 4) is 0 Å². The molecule has 3 heteroatoms. The van der Waals surface area contributed by atoms with Gasteiger partial charge in [0.25, 0.3) is 0 Å². The quantitative estimate of drug-likeness (QED) is 0.790. The van der Waals surface area contributed by atoms with Gasteiger partial charge in [-0.2, -0.15) is 0 Å². The average molecular weight is 252 g/mol. The maximum absolute atomic E-state index is 10.0. The predicted octanol–water partition coefficient (Wildman–Crippen LogP) is 2.42. The van der Waals surface area contributed by atoms with Crippen LogP contribution in [0.2, 0.25) is 0 Å². The van der Waals surface area contributed by atoms with Crippen molar-refractivity contribution in [3.63, 3.8) is 0 Å². The third-order valence-electron chi connectivity index (χ3n) is 3.81. The molecule has 2 nitrogen and oxygen atoms in total. The summed E-state index contributed by atoms with van der Waals surface area (Å²) >= 11 is 0. The molecule has 1 atom stereocenters. The van der Waals surface area contributed by atoms with Gasteiger partial charge < -0.3 is 9.68 Å². The molecule has 1 aliphatic heterocycles. The lowest BCUT2D eigenvalue weighted by Gasteiger charge is -2.19. The molecular weight excluding hydrogens is 235 g/mol. The summed E-state index contributed by atoms with van der Waals surface area (Å²) in [6.07, 6.45) is -0.160. The van der Waals surface area contributed by atoms with E-state index >= 15 is 0 Å². The number of aryl methyl sites for hydroxylation is 3. The van der Waals surface area contributed by atoms with Crippen molar-refractivity contribution in [2.45, 2.75) is 26.9 Å². The van der Waals surface area contributed by atoms with Crippen LogP contribution in [0.25, 0.3) is 0 Å². The Bertz CT molecular complexity index is 613. The van der Waals surface area contributed by atoms with Gasteiger partial charge in [-0.05, 0) is 48.5 Å². The minimum atomic E-state index is -0.818. The highest BCUT2D eigenvalue weighted by molar-refractivity contribution is 6.61. The fraction of sp³-hybridized carbons (Fsp3) is 0.250. The summed E-state index contributed by atoms with van der Waals surface area (Å²) in [5.74, 6) is 0. The third-order valence-corrected chi connectivity index (χ3v) is 3.81. The van der Waals surface area contributed by atoms with Gasteiger partial charge >= 0.3 is 7.12 Å². The highest BCUT2D eigenvalue weighted by atomic mass is 16.5. The molecule has 1 aliphatic rings. The van der Waals surface area contributed by atoms with Crippen molar-refractivity contribution in [2.75, 3.05) is 0 Å². The maximum atomic E-state index is 10.0. The van der Waals surface area contributed by atoms with Crippen molar-refractivity contribution in [3.05, 3.63) is 64.2 Å². The van der Waals surface area contributed by atoms with E-state index in [1.807, 2.05) is 24.3 Å². The molecule has 0 aromatic heterocycles. The van der Waals surface area contributed by atoms with Crippen LogP contribution >= 0.6 is 0 Å². The highest BCUT2D eigenvalue weighted by Crippen LogP contribution is 2.34. The topological polar surface area (TPSA) is 29.5 Å². The fourth-order valence-corrected chi connectivity index (χ4v) is 3.08. The second-order valence-corrected chi connectivity index (χ2v) is 5.31. The first kappa shape index (κ1) is 12.5. The SMILES string of the molecule is Cc1cc(C)c([C@H]2OB(O)c3ccccc32)c(C)c1. The molecule has 19 heavy (non-hydrogen) atoms. The first-order valence-corrected chi connectivity index (χ1v) is 6.58. The Balaban J connectivity index is 2.15. The Morgan fingerprint density at radius 2 is 1.68 bits per heavy atom. The summed E-state index contributed by atoms with van der Waals surface area (Å²) in [7, 11) is -0.818. The largest absolute Gasteiger partial charge is 0.492 e. The van der Waals surface area contributed by atoms with Gasteiger partial charge in [0.2, 0.25) is 0 Å². The lowest BCUT2D eigenvalue weighted by atomic mass is 9.79. The molecule has 0 spiro atoms. The molecule has 2 aromatic carbocycles. The van der Waals surface area contributed by atoms with Crippen molar-refractivity contribution < 1.29 is 9.68 Å². The Morgan fingerprint density at radius 1 is 1.05 bits per heavy atom. The van der Waals surface area contributed by atoms with Crippen LogP contribution in [0.3, 0.4) is 0 Å². The summed E-state index contributed by atoms with van der Waals surface area (Å²) in [5.41, 5.74) is 6.81. The van der Waals surface area contributed by atoms with Crippen LogP contribution in [0.4, 0.5) is 0 Å². The Hall–Kier alpha value is -1.58. The zero-order chi connectivity index (χ0) is 13.6. The molecule has 0 amide bonds. The molecule has 0 aliphatic carbocycles. The van der Waals surface area contributed by atoms with E-state index < -0.39 is 7.12 Å². The van der Waals surface area contributed by atoms with Gasteiger partial charge in [-0.15, -0.1) is 0 Å². The first-order chi connectivity index (χ1) is 9.08. The van der Waals surface area contributed by atoms with Crippen LogP contribution in [0.1, 0.15) is 33.9 Å². The van der Waals surface area contributed by atoms with E-state index in [2.05, 4.69) is 32.9 Å². The van der Waals surface area contributed by atoms with Crippen LogP contribution in [-0.2, 0) is 4.65 Å². The molecule has 3 rings (SSSR count). The second kappa shape index (κ2) is 4.51. The van der Waals surface area contributed by atoms with E-state index in [0.29, 0.717) is 0 Å². The monoisotopic (exact) mass is 252 g/mol. The summed E-state index contributed by atoms with van der Waals surface area (Å²) in [4.78, 5) is 0. The van der Waals surface area contributed by atoms with Gasteiger partial charge in [0.05, 0.1) is 6.10 Å². The minimum Gasteiger partial charge on any atom is -0.423 e. The molecule has 1 heterocycles.